The third kappa shape index (κ3) is 3.58. The van der Waals surface area contributed by atoms with Crippen LogP contribution in [-0.4, -0.2) is 31.5 Å². The van der Waals surface area contributed by atoms with Crippen molar-refractivity contribution in [3.63, 3.8) is 0 Å². The van der Waals surface area contributed by atoms with Crippen LogP contribution < -0.4 is 0 Å². The number of carbonyl (C=O) groups is 1. The molecule has 1 heterocycles. The molecule has 0 saturated heterocycles. The highest BCUT2D eigenvalue weighted by Crippen LogP contribution is 2.23. The lowest BCUT2D eigenvalue weighted by molar-refractivity contribution is -0.137. The van der Waals surface area contributed by atoms with Crippen molar-refractivity contribution in [3.8, 4) is 0 Å². The Hall–Kier alpha value is -2.77. The molecule has 0 spiro atoms. The standard InChI is InChI=1S/C17H14N2O4S/c1-24(21,22)23-19-16(14-10-6-3-7-11-14)18-15(17(19)20)12-13-8-4-2-5-9-13/h2-12H,1H3/b15-12-. The van der Waals surface area contributed by atoms with Crippen LogP contribution in [-0.2, 0) is 19.2 Å². The Bertz CT molecular complexity index is 920. The first-order valence-corrected chi connectivity index (χ1v) is 8.90. The summed E-state index contributed by atoms with van der Waals surface area (Å²) in [6, 6.07) is 17.9. The van der Waals surface area contributed by atoms with Crippen molar-refractivity contribution < 1.29 is 17.5 Å². The Morgan fingerprint density at radius 2 is 1.58 bits per heavy atom. The zero-order valence-electron chi connectivity index (χ0n) is 12.8. The molecule has 2 aromatic carbocycles. The van der Waals surface area contributed by atoms with Gasteiger partial charge in [-0.1, -0.05) is 60.7 Å². The van der Waals surface area contributed by atoms with E-state index in [1.165, 1.54) is 0 Å². The van der Waals surface area contributed by atoms with Crippen LogP contribution in [0.5, 0.6) is 0 Å². The number of rotatable bonds is 4. The van der Waals surface area contributed by atoms with Crippen LogP contribution in [0.1, 0.15) is 11.1 Å². The largest absolute Gasteiger partial charge is 0.303 e. The SMILES string of the molecule is CS(=O)(=O)ON1C(=O)/C(=C/c2ccccc2)N=C1c1ccccc1. The van der Waals surface area contributed by atoms with Crippen molar-refractivity contribution >= 4 is 27.9 Å². The van der Waals surface area contributed by atoms with Crippen molar-refractivity contribution in [1.82, 2.24) is 5.06 Å². The second-order valence-electron chi connectivity index (χ2n) is 5.12. The van der Waals surface area contributed by atoms with Crippen molar-refractivity contribution in [2.75, 3.05) is 6.26 Å². The van der Waals surface area contributed by atoms with E-state index in [0.29, 0.717) is 10.6 Å². The number of nitrogens with zero attached hydrogens (tertiary/aromatic N) is 2. The van der Waals surface area contributed by atoms with Crippen molar-refractivity contribution in [1.29, 1.82) is 0 Å². The molecular formula is C17H14N2O4S. The van der Waals surface area contributed by atoms with E-state index < -0.39 is 16.0 Å². The van der Waals surface area contributed by atoms with E-state index in [1.807, 2.05) is 36.4 Å². The van der Waals surface area contributed by atoms with Gasteiger partial charge >= 0.3 is 5.91 Å². The minimum Gasteiger partial charge on any atom is -0.264 e. The number of aliphatic imine (C=N–C) groups is 1. The topological polar surface area (TPSA) is 76.0 Å². The minimum absolute atomic E-state index is 0.101. The second kappa shape index (κ2) is 6.38. The average Bonchev–Trinajstić information content (AvgIpc) is 2.85. The first kappa shape index (κ1) is 16.1. The monoisotopic (exact) mass is 342 g/mol. The van der Waals surface area contributed by atoms with Crippen LogP contribution in [0.25, 0.3) is 6.08 Å². The highest BCUT2D eigenvalue weighted by molar-refractivity contribution is 7.85. The van der Waals surface area contributed by atoms with Gasteiger partial charge < -0.3 is 0 Å². The van der Waals surface area contributed by atoms with E-state index in [2.05, 4.69) is 4.99 Å². The maximum absolute atomic E-state index is 12.5. The van der Waals surface area contributed by atoms with Gasteiger partial charge in [-0.3, -0.25) is 4.79 Å². The van der Waals surface area contributed by atoms with Crippen LogP contribution in [0.3, 0.4) is 0 Å². The lowest BCUT2D eigenvalue weighted by Gasteiger charge is -2.15. The number of hydroxylamine groups is 2. The van der Waals surface area contributed by atoms with Crippen LogP contribution in [0.15, 0.2) is 71.4 Å². The molecule has 0 aromatic heterocycles. The molecule has 6 nitrogen and oxygen atoms in total. The molecule has 122 valence electrons. The Morgan fingerprint density at radius 3 is 2.17 bits per heavy atom. The third-order valence-corrected chi connectivity index (χ3v) is 3.59. The van der Waals surface area contributed by atoms with Gasteiger partial charge in [-0.25, -0.2) is 4.99 Å². The zero-order valence-corrected chi connectivity index (χ0v) is 13.6. The summed E-state index contributed by atoms with van der Waals surface area (Å²) in [4.78, 5) is 16.8. The molecule has 0 bridgehead atoms. The molecule has 24 heavy (non-hydrogen) atoms. The molecule has 0 radical (unpaired) electrons. The second-order valence-corrected chi connectivity index (χ2v) is 6.68. The van der Waals surface area contributed by atoms with Crippen LogP contribution in [0.4, 0.5) is 0 Å². The maximum atomic E-state index is 12.5. The number of benzene rings is 2. The van der Waals surface area contributed by atoms with E-state index in [4.69, 9.17) is 4.28 Å². The van der Waals surface area contributed by atoms with Crippen LogP contribution in [0, 0.1) is 0 Å². The smallest absolute Gasteiger partial charge is 0.264 e. The molecule has 0 atom stereocenters. The Labute approximate surface area is 139 Å². The first-order chi connectivity index (χ1) is 11.4. The molecule has 7 heteroatoms. The maximum Gasteiger partial charge on any atom is 0.303 e. The van der Waals surface area contributed by atoms with Gasteiger partial charge in [0.05, 0.1) is 6.26 Å². The fraction of sp³-hybridized carbons (Fsp3) is 0.0588. The molecule has 0 aliphatic carbocycles. The summed E-state index contributed by atoms with van der Waals surface area (Å²) in [5.74, 6) is -0.503. The highest BCUT2D eigenvalue weighted by atomic mass is 32.2. The van der Waals surface area contributed by atoms with Gasteiger partial charge in [-0.15, -0.1) is 9.35 Å². The van der Waals surface area contributed by atoms with Gasteiger partial charge in [0, 0.05) is 5.56 Å². The van der Waals surface area contributed by atoms with Gasteiger partial charge in [0.1, 0.15) is 5.70 Å². The summed E-state index contributed by atoms with van der Waals surface area (Å²) in [7, 11) is -3.88. The zero-order chi connectivity index (χ0) is 17.2. The van der Waals surface area contributed by atoms with Gasteiger partial charge in [-0.05, 0) is 11.6 Å². The van der Waals surface area contributed by atoms with Crippen molar-refractivity contribution in [2.45, 2.75) is 0 Å². The predicted molar refractivity (Wildman–Crippen MR) is 90.2 cm³/mol. The van der Waals surface area contributed by atoms with Gasteiger partial charge in [0.25, 0.3) is 10.1 Å². The summed E-state index contributed by atoms with van der Waals surface area (Å²) < 4.78 is 27.8. The quantitative estimate of drug-likeness (QED) is 0.798. The van der Waals surface area contributed by atoms with Gasteiger partial charge in [0.2, 0.25) is 0 Å². The van der Waals surface area contributed by atoms with E-state index in [9.17, 15) is 13.2 Å². The summed E-state index contributed by atoms with van der Waals surface area (Å²) in [5, 5.41) is 0.708. The van der Waals surface area contributed by atoms with E-state index in [-0.39, 0.29) is 11.5 Å². The lowest BCUT2D eigenvalue weighted by atomic mass is 10.2. The van der Waals surface area contributed by atoms with E-state index in [0.717, 1.165) is 11.8 Å². The number of hydrogen-bond donors (Lipinski definition) is 0. The first-order valence-electron chi connectivity index (χ1n) is 7.09. The Balaban J connectivity index is 2.05. The van der Waals surface area contributed by atoms with Gasteiger partial charge in [0.15, 0.2) is 5.84 Å². The highest BCUT2D eigenvalue weighted by Gasteiger charge is 2.34. The Kier molecular flexibility index (Phi) is 4.28. The van der Waals surface area contributed by atoms with E-state index >= 15 is 0 Å². The van der Waals surface area contributed by atoms with Crippen molar-refractivity contribution in [3.05, 3.63) is 77.5 Å². The predicted octanol–water partition coefficient (Wildman–Crippen LogP) is 2.21. The summed E-state index contributed by atoms with van der Waals surface area (Å²) in [6.07, 6.45) is 2.46. The molecule has 0 fully saturated rings. The van der Waals surface area contributed by atoms with Crippen molar-refractivity contribution in [2.24, 2.45) is 4.99 Å². The summed E-state index contributed by atoms with van der Waals surface area (Å²) in [6.45, 7) is 0. The molecule has 1 amide bonds. The fourth-order valence-electron chi connectivity index (χ4n) is 2.18. The molecule has 2 aromatic rings. The minimum atomic E-state index is -3.88. The molecule has 1 aliphatic heterocycles. The summed E-state index contributed by atoms with van der Waals surface area (Å²) in [5.41, 5.74) is 1.45. The number of hydrogen-bond acceptors (Lipinski definition) is 5. The number of amides is 1. The molecule has 0 saturated carbocycles. The van der Waals surface area contributed by atoms with Crippen LogP contribution >= 0.6 is 0 Å². The van der Waals surface area contributed by atoms with Crippen LogP contribution in [0.2, 0.25) is 0 Å². The van der Waals surface area contributed by atoms with E-state index in [1.54, 1.807) is 30.3 Å². The molecule has 0 unspecified atom stereocenters. The fourth-order valence-corrected chi connectivity index (χ4v) is 2.59. The molecule has 3 rings (SSSR count). The normalized spacial score (nSPS) is 16.5. The van der Waals surface area contributed by atoms with Gasteiger partial charge in [-0.2, -0.15) is 8.42 Å². The molecule has 0 N–H and O–H groups in total. The molecule has 1 aliphatic rings. The number of carbonyl (C=O) groups excluding carboxylic acids is 1. The number of amidine groups is 1. The Morgan fingerprint density at radius 1 is 1.00 bits per heavy atom. The summed E-state index contributed by atoms with van der Waals surface area (Å²) >= 11 is 0. The third-order valence-electron chi connectivity index (χ3n) is 3.17. The lowest BCUT2D eigenvalue weighted by Crippen LogP contribution is -2.34. The molecular weight excluding hydrogens is 328 g/mol. The average molecular weight is 342 g/mol.